The number of aromatic nitrogens is 6. The highest BCUT2D eigenvalue weighted by molar-refractivity contribution is 6.17. The van der Waals surface area contributed by atoms with Crippen molar-refractivity contribution in [3.05, 3.63) is 83.2 Å². The van der Waals surface area contributed by atoms with Gasteiger partial charge >= 0.3 is 18.5 Å². The van der Waals surface area contributed by atoms with Crippen LogP contribution < -0.4 is 5.73 Å². The maximum Gasteiger partial charge on any atom is 0.451 e. The fourth-order valence-corrected chi connectivity index (χ4v) is 3.45. The van der Waals surface area contributed by atoms with Crippen LogP contribution in [0.2, 0.25) is 0 Å². The molecule has 0 bridgehead atoms. The average molecular weight is 646 g/mol. The Morgan fingerprint density at radius 2 is 1.02 bits per heavy atom. The van der Waals surface area contributed by atoms with Crippen molar-refractivity contribution in [3.8, 4) is 22.5 Å². The molecule has 0 unspecified atom stereocenters. The Labute approximate surface area is 242 Å². The largest absolute Gasteiger partial charge is 0.451 e. The van der Waals surface area contributed by atoms with Crippen molar-refractivity contribution in [2.45, 2.75) is 37.9 Å². The molecule has 4 rings (SSSR count). The summed E-state index contributed by atoms with van der Waals surface area (Å²) in [7, 11) is 0. The summed E-state index contributed by atoms with van der Waals surface area (Å²) in [5.41, 5.74) is 6.80. The molecule has 0 spiro atoms. The normalized spacial score (nSPS) is 11.8. The predicted molar refractivity (Wildman–Crippen MR) is 135 cm³/mol. The van der Waals surface area contributed by atoms with Crippen LogP contribution in [0, 0.1) is 6.92 Å². The molecule has 4 heterocycles. The van der Waals surface area contributed by atoms with Gasteiger partial charge in [0.15, 0.2) is 0 Å². The molecule has 0 atom stereocenters. The van der Waals surface area contributed by atoms with Gasteiger partial charge in [0.2, 0.25) is 11.6 Å². The maximum absolute atomic E-state index is 12.7. The molecule has 0 amide bonds. The molecular formula is C24H18Cl2F9N7. The summed E-state index contributed by atoms with van der Waals surface area (Å²) in [5, 5.41) is 0. The van der Waals surface area contributed by atoms with Crippen LogP contribution in [0.1, 0.15) is 33.9 Å². The van der Waals surface area contributed by atoms with E-state index >= 15 is 0 Å². The third-order valence-corrected chi connectivity index (χ3v) is 5.56. The minimum atomic E-state index is -4.70. The third-order valence-electron chi connectivity index (χ3n) is 5.28. The molecule has 2 N–H and O–H groups in total. The highest BCUT2D eigenvalue weighted by Crippen LogP contribution is 2.33. The molecule has 0 radical (unpaired) electrons. The van der Waals surface area contributed by atoms with E-state index in [1.807, 2.05) is 6.92 Å². The molecule has 0 aliphatic carbocycles. The van der Waals surface area contributed by atoms with Crippen molar-refractivity contribution in [2.75, 3.05) is 0 Å². The molecule has 4 aromatic rings. The highest BCUT2D eigenvalue weighted by Gasteiger charge is 2.36. The summed E-state index contributed by atoms with van der Waals surface area (Å²) in [4.78, 5) is 20.5. The lowest BCUT2D eigenvalue weighted by Gasteiger charge is -2.12. The number of hydrogen-bond acceptors (Lipinski definition) is 7. The lowest BCUT2D eigenvalue weighted by molar-refractivity contribution is -0.145. The summed E-state index contributed by atoms with van der Waals surface area (Å²) in [5.74, 6) is -2.20. The van der Waals surface area contributed by atoms with E-state index in [9.17, 15) is 39.5 Å². The molecule has 0 aromatic carbocycles. The summed E-state index contributed by atoms with van der Waals surface area (Å²) in [6.45, 7) is 1.46. The molecule has 0 aliphatic heterocycles. The summed E-state index contributed by atoms with van der Waals surface area (Å²) < 4.78 is 112. The first kappa shape index (κ1) is 34.6. The van der Waals surface area contributed by atoms with Crippen LogP contribution >= 0.6 is 24.0 Å². The zero-order valence-corrected chi connectivity index (χ0v) is 22.6. The molecule has 0 saturated heterocycles. The summed E-state index contributed by atoms with van der Waals surface area (Å²) >= 11 is 5.77. The third kappa shape index (κ3) is 8.69. The number of halogens is 11. The molecule has 4 aromatic heterocycles. The minimum absolute atomic E-state index is 0. The standard InChI is InChI=1S/C12H9ClF3N3.C12H8F6N4.ClH/c1-7-4-17-10(2-8(7)3-13)9-5-18-11(19-6-9)12(14,15)16;13-11(14,15)8-5-20-9(1-6(8)2-19)7-3-21-10(22-4-7)12(16,17)18;/h2,4-6H,3H2,1H3;1,3-5H,2,19H2;1H. The van der Waals surface area contributed by atoms with Crippen molar-refractivity contribution >= 4 is 24.0 Å². The predicted octanol–water partition coefficient (Wildman–Crippen LogP) is 7.06. The van der Waals surface area contributed by atoms with Crippen molar-refractivity contribution in [1.29, 1.82) is 0 Å². The number of alkyl halides is 10. The first-order valence-corrected chi connectivity index (χ1v) is 11.6. The molecule has 42 heavy (non-hydrogen) atoms. The van der Waals surface area contributed by atoms with Crippen LogP contribution in [0.15, 0.2) is 49.3 Å². The first-order chi connectivity index (χ1) is 19.0. The van der Waals surface area contributed by atoms with Gasteiger partial charge in [0, 0.05) is 60.7 Å². The van der Waals surface area contributed by atoms with E-state index in [-0.39, 0.29) is 29.2 Å². The second-order valence-corrected chi connectivity index (χ2v) is 8.41. The first-order valence-electron chi connectivity index (χ1n) is 11.1. The van der Waals surface area contributed by atoms with Gasteiger partial charge in [-0.15, -0.1) is 24.0 Å². The van der Waals surface area contributed by atoms with Crippen LogP contribution in [-0.4, -0.2) is 29.9 Å². The fourth-order valence-electron chi connectivity index (χ4n) is 3.16. The van der Waals surface area contributed by atoms with Gasteiger partial charge in [0.05, 0.1) is 17.0 Å². The smallest absolute Gasteiger partial charge is 0.326 e. The molecule has 0 fully saturated rings. The molecule has 18 heteroatoms. The minimum Gasteiger partial charge on any atom is -0.326 e. The Morgan fingerprint density at radius 1 is 0.619 bits per heavy atom. The highest BCUT2D eigenvalue weighted by atomic mass is 35.5. The zero-order valence-electron chi connectivity index (χ0n) is 21.0. The number of pyridine rings is 2. The quantitative estimate of drug-likeness (QED) is 0.187. The number of nitrogens with two attached hydrogens (primary N) is 1. The SMILES string of the molecule is Cc1cnc(-c2cnc(C(F)(F)F)nc2)cc1CCl.Cl.NCc1cc(-c2cnc(C(F)(F)F)nc2)ncc1C(F)(F)F. The van der Waals surface area contributed by atoms with Crippen molar-refractivity contribution in [3.63, 3.8) is 0 Å². The Hall–Kier alpha value is -3.63. The van der Waals surface area contributed by atoms with Crippen molar-refractivity contribution in [2.24, 2.45) is 5.73 Å². The van der Waals surface area contributed by atoms with Crippen LogP contribution in [0.25, 0.3) is 22.5 Å². The molecular weight excluding hydrogens is 628 g/mol. The molecule has 7 nitrogen and oxygen atoms in total. The fraction of sp³-hybridized carbons (Fsp3) is 0.250. The van der Waals surface area contributed by atoms with Gasteiger partial charge in [-0.2, -0.15) is 39.5 Å². The van der Waals surface area contributed by atoms with Gasteiger partial charge in [-0.05, 0) is 35.7 Å². The van der Waals surface area contributed by atoms with Crippen LogP contribution in [0.4, 0.5) is 39.5 Å². The van der Waals surface area contributed by atoms with E-state index in [4.69, 9.17) is 17.3 Å². The van der Waals surface area contributed by atoms with Crippen molar-refractivity contribution < 1.29 is 39.5 Å². The average Bonchev–Trinajstić information content (AvgIpc) is 2.92. The van der Waals surface area contributed by atoms with Gasteiger partial charge in [-0.25, -0.2) is 19.9 Å². The maximum atomic E-state index is 12.7. The Morgan fingerprint density at radius 3 is 1.38 bits per heavy atom. The van der Waals surface area contributed by atoms with E-state index < -0.39 is 42.3 Å². The molecule has 226 valence electrons. The summed E-state index contributed by atoms with van der Waals surface area (Å²) in [6.07, 6.45) is -7.78. The van der Waals surface area contributed by atoms with Crippen LogP contribution in [-0.2, 0) is 31.0 Å². The van der Waals surface area contributed by atoms with E-state index in [1.54, 1.807) is 12.3 Å². The van der Waals surface area contributed by atoms with E-state index in [0.29, 0.717) is 23.3 Å². The Kier molecular flexibility index (Phi) is 11.2. The number of aryl methyl sites for hydroxylation is 1. The second-order valence-electron chi connectivity index (χ2n) is 8.14. The van der Waals surface area contributed by atoms with Crippen LogP contribution in [0.5, 0.6) is 0 Å². The Balaban J connectivity index is 0.000000289. The molecule has 0 aliphatic rings. The van der Waals surface area contributed by atoms with E-state index in [1.165, 1.54) is 0 Å². The topological polar surface area (TPSA) is 103 Å². The lowest BCUT2D eigenvalue weighted by atomic mass is 10.1. The number of rotatable bonds is 4. The molecule has 0 saturated carbocycles. The van der Waals surface area contributed by atoms with Crippen molar-refractivity contribution in [1.82, 2.24) is 29.9 Å². The lowest BCUT2D eigenvalue weighted by Crippen LogP contribution is -2.13. The second kappa shape index (κ2) is 13.6. The Bertz CT molecular complexity index is 1480. The van der Waals surface area contributed by atoms with Gasteiger partial charge in [-0.1, -0.05) is 0 Å². The summed E-state index contributed by atoms with van der Waals surface area (Å²) in [6, 6.07) is 2.77. The van der Waals surface area contributed by atoms with Gasteiger partial charge in [0.25, 0.3) is 0 Å². The number of hydrogen-bond donors (Lipinski definition) is 1. The van der Waals surface area contributed by atoms with E-state index in [0.717, 1.165) is 42.0 Å². The van der Waals surface area contributed by atoms with E-state index in [2.05, 4.69) is 29.9 Å². The van der Waals surface area contributed by atoms with Gasteiger partial charge in [-0.3, -0.25) is 9.97 Å². The monoisotopic (exact) mass is 645 g/mol. The van der Waals surface area contributed by atoms with Gasteiger partial charge in [0.1, 0.15) is 0 Å². The number of nitrogens with zero attached hydrogens (tertiary/aromatic N) is 6. The van der Waals surface area contributed by atoms with Gasteiger partial charge < -0.3 is 5.73 Å². The van der Waals surface area contributed by atoms with Crippen LogP contribution in [0.3, 0.4) is 0 Å². The zero-order chi connectivity index (χ0) is 30.6.